The average molecular weight is 533 g/mol. The molecule has 0 atom stereocenters. The number of anilines is 1. The largest absolute Gasteiger partial charge is 0.507 e. The van der Waals surface area contributed by atoms with Gasteiger partial charge in [0.25, 0.3) is 5.91 Å². The highest BCUT2D eigenvalue weighted by molar-refractivity contribution is 6.03. The van der Waals surface area contributed by atoms with E-state index >= 15 is 0 Å². The van der Waals surface area contributed by atoms with E-state index in [1.165, 1.54) is 16.9 Å². The third-order valence-electron chi connectivity index (χ3n) is 7.19. The Hall–Kier alpha value is -5.05. The highest BCUT2D eigenvalue weighted by Gasteiger charge is 2.27. The zero-order chi connectivity index (χ0) is 27.6. The lowest BCUT2D eigenvalue weighted by molar-refractivity contribution is 0.102. The van der Waals surface area contributed by atoms with E-state index in [-0.39, 0.29) is 23.4 Å². The summed E-state index contributed by atoms with van der Waals surface area (Å²) in [5, 5.41) is 21.2. The number of hydrogen-bond donors (Lipinski definition) is 3. The topological polar surface area (TPSA) is 122 Å². The molecule has 2 aromatic heterocycles. The minimum Gasteiger partial charge on any atom is -0.507 e. The molecule has 3 aromatic carbocycles. The van der Waals surface area contributed by atoms with Gasteiger partial charge in [-0.1, -0.05) is 48.4 Å². The molecule has 0 aliphatic heterocycles. The van der Waals surface area contributed by atoms with Crippen LogP contribution in [0.3, 0.4) is 0 Å². The van der Waals surface area contributed by atoms with Crippen molar-refractivity contribution < 1.29 is 14.7 Å². The van der Waals surface area contributed by atoms with Gasteiger partial charge in [0.05, 0.1) is 28.6 Å². The summed E-state index contributed by atoms with van der Waals surface area (Å²) in [5.74, 6) is -0.255. The Labute approximate surface area is 230 Å². The van der Waals surface area contributed by atoms with Crippen LogP contribution in [0.2, 0.25) is 0 Å². The molecule has 1 saturated carbocycles. The summed E-state index contributed by atoms with van der Waals surface area (Å²) in [7, 11) is 0. The van der Waals surface area contributed by atoms with Gasteiger partial charge in [0.1, 0.15) is 11.4 Å². The second-order valence-corrected chi connectivity index (χ2v) is 10.1. The summed E-state index contributed by atoms with van der Waals surface area (Å²) in [6.45, 7) is 2.40. The van der Waals surface area contributed by atoms with Crippen molar-refractivity contribution in [2.45, 2.75) is 38.6 Å². The van der Waals surface area contributed by atoms with Crippen molar-refractivity contribution in [2.24, 2.45) is 0 Å². The number of hydrogen-bond acceptors (Lipinski definition) is 6. The third-order valence-corrected chi connectivity index (χ3v) is 7.19. The second kappa shape index (κ2) is 10.6. The number of carbonyl (C=O) groups is 2. The fourth-order valence-electron chi connectivity index (χ4n) is 4.85. The molecular formula is C31H28N6O3. The monoisotopic (exact) mass is 532 g/mol. The van der Waals surface area contributed by atoms with Gasteiger partial charge in [0.15, 0.2) is 0 Å². The molecule has 0 unspecified atom stereocenters. The van der Waals surface area contributed by atoms with Gasteiger partial charge >= 0.3 is 6.03 Å². The first-order chi connectivity index (χ1) is 19.4. The smallest absolute Gasteiger partial charge is 0.342 e. The van der Waals surface area contributed by atoms with Gasteiger partial charge in [-0.05, 0) is 55.7 Å². The van der Waals surface area contributed by atoms with E-state index in [0.29, 0.717) is 34.5 Å². The molecule has 40 heavy (non-hydrogen) atoms. The van der Waals surface area contributed by atoms with Crippen LogP contribution in [0, 0.1) is 6.92 Å². The van der Waals surface area contributed by atoms with Crippen LogP contribution >= 0.6 is 0 Å². The molecule has 2 amide bonds. The number of nitrogens with one attached hydrogen (secondary N) is 2. The van der Waals surface area contributed by atoms with Gasteiger partial charge < -0.3 is 15.7 Å². The van der Waals surface area contributed by atoms with Crippen LogP contribution in [0.15, 0.2) is 79.0 Å². The van der Waals surface area contributed by atoms with Gasteiger partial charge in [0.2, 0.25) is 0 Å². The Bertz CT molecular complexity index is 1740. The molecule has 6 rings (SSSR count). The summed E-state index contributed by atoms with van der Waals surface area (Å²) < 4.78 is 1.42. The molecule has 0 radical (unpaired) electrons. The Morgan fingerprint density at radius 2 is 1.82 bits per heavy atom. The van der Waals surface area contributed by atoms with Crippen LogP contribution in [-0.2, 0) is 6.54 Å². The first-order valence-corrected chi connectivity index (χ1v) is 13.2. The number of nitrogens with zero attached hydrogens (tertiary/aromatic N) is 4. The first-order valence-electron chi connectivity index (χ1n) is 13.2. The quantitative estimate of drug-likeness (QED) is 0.255. The Kier molecular flexibility index (Phi) is 6.69. The van der Waals surface area contributed by atoms with Crippen molar-refractivity contribution in [3.05, 3.63) is 102 Å². The molecule has 9 nitrogen and oxygen atoms in total. The van der Waals surface area contributed by atoms with Crippen molar-refractivity contribution in [3.8, 4) is 17.0 Å². The van der Waals surface area contributed by atoms with Gasteiger partial charge in [-0.2, -0.15) is 9.78 Å². The highest BCUT2D eigenvalue weighted by Crippen LogP contribution is 2.39. The lowest BCUT2D eigenvalue weighted by atomic mass is 9.82. The van der Waals surface area contributed by atoms with Crippen LogP contribution in [0.25, 0.3) is 22.3 Å². The molecule has 5 aromatic rings. The fraction of sp³-hybridized carbons (Fsp3) is 0.194. The van der Waals surface area contributed by atoms with Crippen molar-refractivity contribution in [1.29, 1.82) is 0 Å². The first kappa shape index (κ1) is 25.2. The SMILES string of the molecule is Cc1cccc(CNC(=O)n2nc(-c3ccc(NC(=O)c4cnc5ccccc5n4)cc3O)cc2C2CCC2)c1. The molecule has 200 valence electrons. The summed E-state index contributed by atoms with van der Waals surface area (Å²) in [4.78, 5) is 34.6. The third kappa shape index (κ3) is 5.13. The van der Waals surface area contributed by atoms with E-state index in [9.17, 15) is 14.7 Å². The number of rotatable bonds is 6. The number of amides is 2. The van der Waals surface area contributed by atoms with Gasteiger partial charge in [-0.25, -0.2) is 9.78 Å². The maximum Gasteiger partial charge on any atom is 0.342 e. The van der Waals surface area contributed by atoms with E-state index in [4.69, 9.17) is 0 Å². The van der Waals surface area contributed by atoms with Gasteiger partial charge in [-0.15, -0.1) is 0 Å². The van der Waals surface area contributed by atoms with Gasteiger partial charge in [-0.3, -0.25) is 9.78 Å². The van der Waals surface area contributed by atoms with Crippen LogP contribution in [0.4, 0.5) is 10.5 Å². The number of phenolic OH excluding ortho intramolecular Hbond substituents is 1. The molecule has 0 spiro atoms. The number of para-hydroxylation sites is 2. The number of benzene rings is 3. The molecule has 2 heterocycles. The summed E-state index contributed by atoms with van der Waals surface area (Å²) in [6.07, 6.45) is 4.51. The molecule has 9 heteroatoms. The van der Waals surface area contributed by atoms with Crippen LogP contribution in [0.1, 0.15) is 52.5 Å². The van der Waals surface area contributed by atoms with Crippen molar-refractivity contribution >= 4 is 28.7 Å². The zero-order valence-electron chi connectivity index (χ0n) is 22.0. The normalized spacial score (nSPS) is 13.1. The predicted octanol–water partition coefficient (Wildman–Crippen LogP) is 5.79. The average Bonchev–Trinajstić information content (AvgIpc) is 3.35. The maximum absolute atomic E-state index is 13.2. The van der Waals surface area contributed by atoms with Crippen molar-refractivity contribution in [1.82, 2.24) is 25.1 Å². The number of aromatic nitrogens is 4. The number of fused-ring (bicyclic) bond motifs is 1. The highest BCUT2D eigenvalue weighted by atomic mass is 16.3. The number of phenols is 1. The van der Waals surface area contributed by atoms with Crippen molar-refractivity contribution in [3.63, 3.8) is 0 Å². The van der Waals surface area contributed by atoms with E-state index in [1.54, 1.807) is 18.2 Å². The molecule has 1 fully saturated rings. The molecular weight excluding hydrogens is 504 g/mol. The van der Waals surface area contributed by atoms with Crippen LogP contribution in [-0.4, -0.2) is 36.8 Å². The molecule has 1 aliphatic carbocycles. The van der Waals surface area contributed by atoms with E-state index in [0.717, 1.165) is 36.1 Å². The Morgan fingerprint density at radius 3 is 2.58 bits per heavy atom. The predicted molar refractivity (Wildman–Crippen MR) is 152 cm³/mol. The fourth-order valence-corrected chi connectivity index (χ4v) is 4.85. The Morgan fingerprint density at radius 1 is 1.00 bits per heavy atom. The standard InChI is InChI=1S/C31H28N6O3/c1-19-6-4-7-20(14-19)17-33-31(40)37-28(21-8-5-9-21)16-26(36-37)23-13-12-22(15-29(23)38)34-30(39)27-18-32-24-10-2-3-11-25(24)35-27/h2-4,6-7,10-16,18,21,38H,5,8-9,17H2,1H3,(H,33,40)(H,34,39). The summed E-state index contributed by atoms with van der Waals surface area (Å²) in [6, 6.07) is 21.7. The van der Waals surface area contributed by atoms with E-state index in [2.05, 4.69) is 25.7 Å². The minimum absolute atomic E-state index is 0.0626. The lowest BCUT2D eigenvalue weighted by Gasteiger charge is -2.25. The zero-order valence-corrected chi connectivity index (χ0v) is 22.0. The second-order valence-electron chi connectivity index (χ2n) is 10.1. The summed E-state index contributed by atoms with van der Waals surface area (Å²) in [5.41, 5.74) is 5.81. The summed E-state index contributed by atoms with van der Waals surface area (Å²) >= 11 is 0. The number of carbonyl (C=O) groups excluding carboxylic acids is 2. The van der Waals surface area contributed by atoms with Crippen molar-refractivity contribution in [2.75, 3.05) is 5.32 Å². The molecule has 1 aliphatic rings. The maximum atomic E-state index is 13.2. The minimum atomic E-state index is -0.438. The number of aryl methyl sites for hydroxylation is 1. The molecule has 0 saturated heterocycles. The van der Waals surface area contributed by atoms with Gasteiger partial charge in [0, 0.05) is 29.8 Å². The van der Waals surface area contributed by atoms with Crippen LogP contribution in [0.5, 0.6) is 5.75 Å². The molecule has 0 bridgehead atoms. The van der Waals surface area contributed by atoms with Crippen LogP contribution < -0.4 is 10.6 Å². The van der Waals surface area contributed by atoms with E-state index < -0.39 is 5.91 Å². The van der Waals surface area contributed by atoms with E-state index in [1.807, 2.05) is 55.5 Å². The number of aromatic hydroxyl groups is 1. The molecule has 3 N–H and O–H groups in total. The lowest BCUT2D eigenvalue weighted by Crippen LogP contribution is -2.31. The Balaban J connectivity index is 1.21.